The maximum absolute atomic E-state index is 12.7. The number of amides is 2. The van der Waals surface area contributed by atoms with Gasteiger partial charge < -0.3 is 20.3 Å². The summed E-state index contributed by atoms with van der Waals surface area (Å²) in [5.74, 6) is 0.245. The lowest BCUT2D eigenvalue weighted by Gasteiger charge is -2.33. The fourth-order valence-corrected chi connectivity index (χ4v) is 3.80. The molecule has 1 fully saturated rings. The van der Waals surface area contributed by atoms with Crippen molar-refractivity contribution in [2.45, 2.75) is 38.6 Å². The second kappa shape index (κ2) is 10.8. The van der Waals surface area contributed by atoms with Crippen LogP contribution >= 0.6 is 0 Å². The molecule has 2 N–H and O–H groups in total. The van der Waals surface area contributed by atoms with Gasteiger partial charge in [-0.2, -0.15) is 0 Å². The summed E-state index contributed by atoms with van der Waals surface area (Å²) in [6.45, 7) is 5.04. The lowest BCUT2D eigenvalue weighted by molar-refractivity contribution is 0.0949. The van der Waals surface area contributed by atoms with Crippen molar-refractivity contribution in [3.05, 3.63) is 59.7 Å². The smallest absolute Gasteiger partial charge is 0.255 e. The van der Waals surface area contributed by atoms with Gasteiger partial charge in [0.15, 0.2) is 0 Å². The molecule has 0 radical (unpaired) electrons. The standard InChI is InChI=1S/C24H31N3O3/c1-18-8-5-6-16-27(18)17-7-15-25-24(29)21-9-3-4-10-22(21)26-23(28)19-11-13-20(30-2)14-12-19/h3-4,9-14,18H,5-8,15-17H2,1-2H3,(H,25,29)(H,26,28). The highest BCUT2D eigenvalue weighted by molar-refractivity contribution is 6.09. The van der Waals surface area contributed by atoms with E-state index in [4.69, 9.17) is 4.74 Å². The van der Waals surface area contributed by atoms with E-state index in [1.165, 1.54) is 19.3 Å². The Morgan fingerprint density at radius 3 is 2.57 bits per heavy atom. The first-order valence-electron chi connectivity index (χ1n) is 10.6. The molecular weight excluding hydrogens is 378 g/mol. The Kier molecular flexibility index (Phi) is 7.85. The average Bonchev–Trinajstić information content (AvgIpc) is 2.78. The summed E-state index contributed by atoms with van der Waals surface area (Å²) in [5.41, 5.74) is 1.47. The molecule has 1 heterocycles. The van der Waals surface area contributed by atoms with Gasteiger partial charge in [-0.15, -0.1) is 0 Å². The summed E-state index contributed by atoms with van der Waals surface area (Å²) >= 11 is 0. The third kappa shape index (κ3) is 5.83. The van der Waals surface area contributed by atoms with Crippen molar-refractivity contribution >= 4 is 17.5 Å². The number of rotatable bonds is 8. The Morgan fingerprint density at radius 1 is 1.07 bits per heavy atom. The highest BCUT2D eigenvalue weighted by Gasteiger charge is 2.18. The van der Waals surface area contributed by atoms with Crippen LogP contribution in [0.4, 0.5) is 5.69 Å². The Labute approximate surface area is 178 Å². The summed E-state index contributed by atoms with van der Waals surface area (Å²) in [4.78, 5) is 27.8. The minimum atomic E-state index is -0.267. The van der Waals surface area contributed by atoms with Gasteiger partial charge in [-0.05, 0) is 69.1 Å². The summed E-state index contributed by atoms with van der Waals surface area (Å²) in [6, 6.07) is 14.6. The van der Waals surface area contributed by atoms with Crippen molar-refractivity contribution in [2.75, 3.05) is 32.1 Å². The average molecular weight is 410 g/mol. The van der Waals surface area contributed by atoms with Crippen molar-refractivity contribution in [1.82, 2.24) is 10.2 Å². The molecule has 2 amide bonds. The van der Waals surface area contributed by atoms with Crippen LogP contribution in [-0.2, 0) is 0 Å². The van der Waals surface area contributed by atoms with Crippen LogP contribution in [0, 0.1) is 0 Å². The van der Waals surface area contributed by atoms with Crippen molar-refractivity contribution in [3.8, 4) is 5.75 Å². The lowest BCUT2D eigenvalue weighted by Crippen LogP contribution is -2.39. The molecule has 1 aliphatic heterocycles. The molecule has 0 saturated carbocycles. The van der Waals surface area contributed by atoms with E-state index in [0.29, 0.717) is 35.2 Å². The van der Waals surface area contributed by atoms with Gasteiger partial charge in [-0.3, -0.25) is 9.59 Å². The first-order valence-corrected chi connectivity index (χ1v) is 10.6. The van der Waals surface area contributed by atoms with Crippen molar-refractivity contribution < 1.29 is 14.3 Å². The van der Waals surface area contributed by atoms with Crippen LogP contribution in [0.3, 0.4) is 0 Å². The highest BCUT2D eigenvalue weighted by atomic mass is 16.5. The summed E-state index contributed by atoms with van der Waals surface area (Å²) in [5, 5.41) is 5.83. The second-order valence-electron chi connectivity index (χ2n) is 7.72. The molecule has 0 aromatic heterocycles. The molecular formula is C24H31N3O3. The SMILES string of the molecule is COc1ccc(C(=O)Nc2ccccc2C(=O)NCCCN2CCCCC2C)cc1. The van der Waals surface area contributed by atoms with Crippen LogP contribution in [-0.4, -0.2) is 49.5 Å². The maximum Gasteiger partial charge on any atom is 0.255 e. The quantitative estimate of drug-likeness (QED) is 0.648. The zero-order valence-corrected chi connectivity index (χ0v) is 17.8. The Hall–Kier alpha value is -2.86. The van der Waals surface area contributed by atoms with Crippen molar-refractivity contribution in [1.29, 1.82) is 0 Å². The molecule has 6 heteroatoms. The van der Waals surface area contributed by atoms with Gasteiger partial charge in [0.1, 0.15) is 5.75 Å². The number of piperidine rings is 1. The number of anilines is 1. The van der Waals surface area contributed by atoms with Gasteiger partial charge >= 0.3 is 0 Å². The number of para-hydroxylation sites is 1. The van der Waals surface area contributed by atoms with Crippen LogP contribution in [0.1, 0.15) is 53.3 Å². The van der Waals surface area contributed by atoms with Gasteiger partial charge in [0.25, 0.3) is 11.8 Å². The first kappa shape index (κ1) is 21.8. The molecule has 0 bridgehead atoms. The predicted molar refractivity (Wildman–Crippen MR) is 119 cm³/mol. The zero-order valence-electron chi connectivity index (χ0n) is 17.8. The van der Waals surface area contributed by atoms with Crippen LogP contribution in [0.15, 0.2) is 48.5 Å². The number of methoxy groups -OCH3 is 1. The van der Waals surface area contributed by atoms with E-state index in [-0.39, 0.29) is 11.8 Å². The largest absolute Gasteiger partial charge is 0.497 e. The molecule has 1 unspecified atom stereocenters. The molecule has 6 nitrogen and oxygen atoms in total. The Bertz CT molecular complexity index is 851. The number of nitrogens with zero attached hydrogens (tertiary/aromatic N) is 1. The molecule has 1 saturated heterocycles. The van der Waals surface area contributed by atoms with Crippen LogP contribution in [0.2, 0.25) is 0 Å². The first-order chi connectivity index (χ1) is 14.6. The zero-order chi connectivity index (χ0) is 21.3. The fraction of sp³-hybridized carbons (Fsp3) is 0.417. The van der Waals surface area contributed by atoms with E-state index in [1.54, 1.807) is 55.6 Å². The lowest BCUT2D eigenvalue weighted by atomic mass is 10.0. The number of nitrogens with one attached hydrogen (secondary N) is 2. The van der Waals surface area contributed by atoms with E-state index in [9.17, 15) is 9.59 Å². The molecule has 3 rings (SSSR count). The molecule has 30 heavy (non-hydrogen) atoms. The van der Waals surface area contributed by atoms with E-state index < -0.39 is 0 Å². The number of carbonyl (C=O) groups is 2. The number of hydrogen-bond acceptors (Lipinski definition) is 4. The Balaban J connectivity index is 1.54. The highest BCUT2D eigenvalue weighted by Crippen LogP contribution is 2.18. The third-order valence-electron chi connectivity index (χ3n) is 5.62. The van der Waals surface area contributed by atoms with E-state index in [0.717, 1.165) is 19.5 Å². The topological polar surface area (TPSA) is 70.7 Å². The fourth-order valence-electron chi connectivity index (χ4n) is 3.80. The molecule has 0 spiro atoms. The number of carbonyl (C=O) groups excluding carboxylic acids is 2. The van der Waals surface area contributed by atoms with Gasteiger partial charge in [0.05, 0.1) is 18.4 Å². The van der Waals surface area contributed by atoms with Gasteiger partial charge in [-0.1, -0.05) is 18.6 Å². The number of benzene rings is 2. The number of ether oxygens (including phenoxy) is 1. The number of likely N-dealkylation sites (tertiary alicyclic amines) is 1. The minimum absolute atomic E-state index is 0.174. The predicted octanol–water partition coefficient (Wildman–Crippen LogP) is 3.94. The van der Waals surface area contributed by atoms with Gasteiger partial charge in [-0.25, -0.2) is 0 Å². The molecule has 1 atom stereocenters. The third-order valence-corrected chi connectivity index (χ3v) is 5.62. The van der Waals surface area contributed by atoms with Gasteiger partial charge in [0, 0.05) is 24.7 Å². The molecule has 2 aromatic carbocycles. The Morgan fingerprint density at radius 2 is 1.83 bits per heavy atom. The van der Waals surface area contributed by atoms with E-state index >= 15 is 0 Å². The summed E-state index contributed by atoms with van der Waals surface area (Å²) in [6.07, 6.45) is 4.75. The maximum atomic E-state index is 12.7. The molecule has 0 aliphatic carbocycles. The van der Waals surface area contributed by atoms with E-state index in [2.05, 4.69) is 22.5 Å². The van der Waals surface area contributed by atoms with Crippen LogP contribution < -0.4 is 15.4 Å². The molecule has 1 aliphatic rings. The minimum Gasteiger partial charge on any atom is -0.497 e. The van der Waals surface area contributed by atoms with E-state index in [1.807, 2.05) is 0 Å². The van der Waals surface area contributed by atoms with Crippen LogP contribution in [0.5, 0.6) is 5.75 Å². The molecule has 160 valence electrons. The van der Waals surface area contributed by atoms with Crippen molar-refractivity contribution in [3.63, 3.8) is 0 Å². The van der Waals surface area contributed by atoms with Crippen molar-refractivity contribution in [2.24, 2.45) is 0 Å². The van der Waals surface area contributed by atoms with Gasteiger partial charge in [0.2, 0.25) is 0 Å². The second-order valence-corrected chi connectivity index (χ2v) is 7.72. The molecule has 2 aromatic rings. The van der Waals surface area contributed by atoms with Crippen LogP contribution in [0.25, 0.3) is 0 Å². The normalized spacial score (nSPS) is 16.7. The summed E-state index contributed by atoms with van der Waals surface area (Å²) < 4.78 is 5.12. The number of hydrogen-bond donors (Lipinski definition) is 2. The monoisotopic (exact) mass is 409 g/mol. The summed E-state index contributed by atoms with van der Waals surface area (Å²) in [7, 11) is 1.58.